The summed E-state index contributed by atoms with van der Waals surface area (Å²) in [6.07, 6.45) is 4.53. The minimum Gasteiger partial charge on any atom is -0.467 e. The van der Waals surface area contributed by atoms with E-state index in [9.17, 15) is 13.6 Å². The van der Waals surface area contributed by atoms with E-state index in [1.807, 2.05) is 0 Å². The van der Waals surface area contributed by atoms with E-state index in [-0.39, 0.29) is 19.1 Å². The molecule has 0 atom stereocenters. The van der Waals surface area contributed by atoms with Crippen molar-refractivity contribution in [3.8, 4) is 6.01 Å². The van der Waals surface area contributed by atoms with Crippen molar-refractivity contribution in [1.82, 2.24) is 20.3 Å². The van der Waals surface area contributed by atoms with Gasteiger partial charge < -0.3 is 20.3 Å². The lowest BCUT2D eigenvalue weighted by Crippen LogP contribution is -2.31. The highest BCUT2D eigenvalue weighted by molar-refractivity contribution is 5.94. The number of nitrogens with one attached hydrogen (secondary N) is 2. The Labute approximate surface area is 167 Å². The molecule has 0 aliphatic carbocycles. The number of hydrogen-bond acceptors (Lipinski definition) is 7. The third-order valence-corrected chi connectivity index (χ3v) is 4.56. The third-order valence-electron chi connectivity index (χ3n) is 4.56. The Morgan fingerprint density at radius 1 is 1.07 bits per heavy atom. The summed E-state index contributed by atoms with van der Waals surface area (Å²) >= 11 is 0. The Kier molecular flexibility index (Phi) is 7.09. The first-order valence-electron chi connectivity index (χ1n) is 9.59. The predicted octanol–water partition coefficient (Wildman–Crippen LogP) is 2.38. The molecule has 1 saturated heterocycles. The lowest BCUT2D eigenvalue weighted by Gasteiger charge is -2.20. The number of anilines is 2. The van der Waals surface area contributed by atoms with Gasteiger partial charge in [-0.3, -0.25) is 4.79 Å². The van der Waals surface area contributed by atoms with E-state index in [0.717, 1.165) is 38.1 Å². The molecule has 1 amide bonds. The van der Waals surface area contributed by atoms with Gasteiger partial charge in [0.25, 0.3) is 5.91 Å². The highest BCUT2D eigenvalue weighted by Crippen LogP contribution is 2.19. The van der Waals surface area contributed by atoms with Crippen molar-refractivity contribution in [3.63, 3.8) is 0 Å². The van der Waals surface area contributed by atoms with Crippen LogP contribution in [0.3, 0.4) is 0 Å². The quantitative estimate of drug-likeness (QED) is 0.682. The molecule has 0 unspecified atom stereocenters. The van der Waals surface area contributed by atoms with Gasteiger partial charge in [-0.15, -0.1) is 0 Å². The minimum atomic E-state index is -0.903. The number of nitrogens with zero attached hydrogens (tertiary/aromatic N) is 4. The van der Waals surface area contributed by atoms with Crippen molar-refractivity contribution < 1.29 is 18.3 Å². The van der Waals surface area contributed by atoms with Crippen molar-refractivity contribution in [1.29, 1.82) is 0 Å². The second-order valence-electron chi connectivity index (χ2n) is 6.63. The number of carbonyl (C=O) groups excluding carboxylic acids is 1. The number of methoxy groups -OCH3 is 1. The van der Waals surface area contributed by atoms with Crippen LogP contribution in [0, 0.1) is 11.6 Å². The van der Waals surface area contributed by atoms with Crippen molar-refractivity contribution in [2.24, 2.45) is 0 Å². The van der Waals surface area contributed by atoms with Crippen LogP contribution in [-0.2, 0) is 0 Å². The molecule has 2 heterocycles. The monoisotopic (exact) mass is 406 g/mol. The third kappa shape index (κ3) is 5.49. The van der Waals surface area contributed by atoms with E-state index in [1.54, 1.807) is 0 Å². The number of aromatic nitrogens is 3. The van der Waals surface area contributed by atoms with E-state index < -0.39 is 23.1 Å². The van der Waals surface area contributed by atoms with E-state index in [2.05, 4.69) is 30.5 Å². The summed E-state index contributed by atoms with van der Waals surface area (Å²) in [6, 6.07) is 3.48. The fourth-order valence-electron chi connectivity index (χ4n) is 3.08. The number of halogens is 2. The van der Waals surface area contributed by atoms with Crippen LogP contribution >= 0.6 is 0 Å². The first kappa shape index (κ1) is 20.7. The normalized spacial score (nSPS) is 14.2. The Hall–Kier alpha value is -3.04. The minimum absolute atomic E-state index is 0.125. The maximum Gasteiger partial charge on any atom is 0.322 e. The highest BCUT2D eigenvalue weighted by atomic mass is 19.1. The van der Waals surface area contributed by atoms with Gasteiger partial charge in [0, 0.05) is 26.2 Å². The molecule has 8 nitrogen and oxygen atoms in total. The van der Waals surface area contributed by atoms with Crippen molar-refractivity contribution in [2.45, 2.75) is 25.7 Å². The Morgan fingerprint density at radius 3 is 2.41 bits per heavy atom. The van der Waals surface area contributed by atoms with Gasteiger partial charge in [-0.05, 0) is 25.0 Å². The highest BCUT2D eigenvalue weighted by Gasteiger charge is 2.17. The average Bonchev–Trinajstić information content (AvgIpc) is 3.00. The molecular weight excluding hydrogens is 382 g/mol. The Balaban J connectivity index is 1.58. The van der Waals surface area contributed by atoms with E-state index >= 15 is 0 Å². The number of rotatable bonds is 7. The number of benzene rings is 1. The second-order valence-corrected chi connectivity index (χ2v) is 6.63. The Bertz CT molecular complexity index is 823. The zero-order valence-electron chi connectivity index (χ0n) is 16.3. The van der Waals surface area contributed by atoms with Crippen molar-refractivity contribution >= 4 is 17.8 Å². The molecule has 1 aliphatic heterocycles. The maximum absolute atomic E-state index is 13.6. The van der Waals surface area contributed by atoms with Crippen LogP contribution in [0.25, 0.3) is 0 Å². The molecule has 10 heteroatoms. The van der Waals surface area contributed by atoms with Gasteiger partial charge in [-0.1, -0.05) is 18.9 Å². The van der Waals surface area contributed by atoms with Gasteiger partial charge in [-0.2, -0.15) is 15.0 Å². The smallest absolute Gasteiger partial charge is 0.322 e. The zero-order valence-corrected chi connectivity index (χ0v) is 16.3. The van der Waals surface area contributed by atoms with Gasteiger partial charge in [0.1, 0.15) is 17.2 Å². The first-order chi connectivity index (χ1) is 14.1. The lowest BCUT2D eigenvalue weighted by molar-refractivity contribution is 0.0946. The summed E-state index contributed by atoms with van der Waals surface area (Å²) in [6.45, 7) is 2.13. The van der Waals surface area contributed by atoms with Gasteiger partial charge in [-0.25, -0.2) is 8.78 Å². The molecule has 1 aromatic carbocycles. The van der Waals surface area contributed by atoms with Crippen LogP contribution < -0.4 is 20.3 Å². The van der Waals surface area contributed by atoms with Crippen LogP contribution in [-0.4, -0.2) is 54.1 Å². The standard InChI is InChI=1S/C19H24F2N6O2/c1-29-19-25-17(24-18(26-19)27-11-4-2-3-5-12-27)23-10-9-22-16(28)15-13(20)7-6-8-14(15)21/h6-8H,2-5,9-12H2,1H3,(H,22,28)(H,23,24,25,26). The number of ether oxygens (including phenoxy) is 1. The molecule has 3 rings (SSSR count). The summed E-state index contributed by atoms with van der Waals surface area (Å²) < 4.78 is 32.5. The predicted molar refractivity (Wildman–Crippen MR) is 104 cm³/mol. The second kappa shape index (κ2) is 9.94. The number of carbonyl (C=O) groups is 1. The fraction of sp³-hybridized carbons (Fsp3) is 0.474. The maximum atomic E-state index is 13.6. The summed E-state index contributed by atoms with van der Waals surface area (Å²) in [5.74, 6) is -1.78. The van der Waals surface area contributed by atoms with E-state index in [1.165, 1.54) is 26.0 Å². The number of amides is 1. The average molecular weight is 406 g/mol. The zero-order chi connectivity index (χ0) is 20.6. The molecule has 0 radical (unpaired) electrons. The Morgan fingerprint density at radius 2 is 1.76 bits per heavy atom. The van der Waals surface area contributed by atoms with Crippen LogP contribution in [0.4, 0.5) is 20.7 Å². The van der Waals surface area contributed by atoms with Crippen LogP contribution in [0.5, 0.6) is 6.01 Å². The van der Waals surface area contributed by atoms with Gasteiger partial charge >= 0.3 is 6.01 Å². The molecule has 1 aliphatic rings. The largest absolute Gasteiger partial charge is 0.467 e. The molecule has 2 N–H and O–H groups in total. The molecule has 29 heavy (non-hydrogen) atoms. The van der Waals surface area contributed by atoms with Gasteiger partial charge in [0.2, 0.25) is 11.9 Å². The van der Waals surface area contributed by atoms with E-state index in [4.69, 9.17) is 4.74 Å². The summed E-state index contributed by atoms with van der Waals surface area (Å²) in [7, 11) is 1.48. The molecule has 2 aromatic rings. The summed E-state index contributed by atoms with van der Waals surface area (Å²) in [5.41, 5.74) is -0.599. The van der Waals surface area contributed by atoms with Gasteiger partial charge in [0.05, 0.1) is 7.11 Å². The van der Waals surface area contributed by atoms with Crippen molar-refractivity contribution in [2.75, 3.05) is 43.5 Å². The van der Waals surface area contributed by atoms with Crippen LogP contribution in [0.2, 0.25) is 0 Å². The number of hydrogen-bond donors (Lipinski definition) is 2. The fourth-order valence-corrected chi connectivity index (χ4v) is 3.08. The summed E-state index contributed by atoms with van der Waals surface area (Å²) in [5, 5.41) is 5.45. The molecule has 1 aromatic heterocycles. The molecule has 156 valence electrons. The topological polar surface area (TPSA) is 92.3 Å². The molecule has 0 bridgehead atoms. The SMILES string of the molecule is COc1nc(NCCNC(=O)c2c(F)cccc2F)nc(N2CCCCCC2)n1. The molecule has 0 saturated carbocycles. The molecular formula is C19H24F2N6O2. The van der Waals surface area contributed by atoms with Gasteiger partial charge in [0.15, 0.2) is 0 Å². The molecule has 1 fully saturated rings. The first-order valence-corrected chi connectivity index (χ1v) is 9.59. The van der Waals surface area contributed by atoms with Crippen LogP contribution in [0.15, 0.2) is 18.2 Å². The van der Waals surface area contributed by atoms with E-state index in [0.29, 0.717) is 11.9 Å². The lowest BCUT2D eigenvalue weighted by atomic mass is 10.2. The van der Waals surface area contributed by atoms with Crippen LogP contribution in [0.1, 0.15) is 36.0 Å². The summed E-state index contributed by atoms with van der Waals surface area (Å²) in [4.78, 5) is 27.0. The van der Waals surface area contributed by atoms with Crippen molar-refractivity contribution in [3.05, 3.63) is 35.4 Å². The molecule has 0 spiro atoms.